The van der Waals surface area contributed by atoms with Crippen LogP contribution in [0.4, 0.5) is 17.6 Å². The lowest BCUT2D eigenvalue weighted by Crippen LogP contribution is -2.40. The van der Waals surface area contributed by atoms with Crippen molar-refractivity contribution in [2.24, 2.45) is 0 Å². The Labute approximate surface area is 96.8 Å². The lowest BCUT2D eigenvalue weighted by molar-refractivity contribution is -0.137. The molecule has 1 aliphatic heterocycles. The first-order valence-electron chi connectivity index (χ1n) is 5.49. The van der Waals surface area contributed by atoms with Crippen LogP contribution < -0.4 is 5.32 Å². The average Bonchev–Trinajstić information content (AvgIpc) is 2.29. The Balaban J connectivity index is 2.32. The molecule has 1 aliphatic rings. The first-order valence-corrected chi connectivity index (χ1v) is 5.49. The summed E-state index contributed by atoms with van der Waals surface area (Å²) >= 11 is 0. The zero-order chi connectivity index (χ0) is 12.5. The molecule has 1 heterocycles. The van der Waals surface area contributed by atoms with Crippen LogP contribution in [0, 0.1) is 0 Å². The maximum absolute atomic E-state index is 14.4. The molecule has 0 bridgehead atoms. The van der Waals surface area contributed by atoms with E-state index in [0.29, 0.717) is 13.0 Å². The standard InChI is InChI=1S/C12H13F4N/c13-11(5-2-6-17-8-11)9-3-1-4-10(7-9)12(14,15)16/h1,3-4,7,17H,2,5-6,8H2. The molecule has 1 unspecified atom stereocenters. The fraction of sp³-hybridized carbons (Fsp3) is 0.500. The molecule has 0 spiro atoms. The number of hydrogen-bond acceptors (Lipinski definition) is 1. The predicted molar refractivity (Wildman–Crippen MR) is 56.3 cm³/mol. The zero-order valence-corrected chi connectivity index (χ0v) is 9.15. The van der Waals surface area contributed by atoms with Gasteiger partial charge in [0.15, 0.2) is 0 Å². The van der Waals surface area contributed by atoms with Crippen molar-refractivity contribution in [1.29, 1.82) is 0 Å². The van der Waals surface area contributed by atoms with Gasteiger partial charge in [0.25, 0.3) is 0 Å². The molecule has 0 saturated carbocycles. The molecule has 1 atom stereocenters. The summed E-state index contributed by atoms with van der Waals surface area (Å²) in [5, 5.41) is 2.88. The normalized spacial score (nSPS) is 25.9. The number of halogens is 4. The molecule has 17 heavy (non-hydrogen) atoms. The van der Waals surface area contributed by atoms with Crippen LogP contribution in [0.1, 0.15) is 24.0 Å². The highest BCUT2D eigenvalue weighted by Gasteiger charge is 2.36. The minimum atomic E-state index is -4.42. The Morgan fingerprint density at radius 2 is 2.00 bits per heavy atom. The summed E-state index contributed by atoms with van der Waals surface area (Å²) in [6.07, 6.45) is -3.53. The lowest BCUT2D eigenvalue weighted by atomic mass is 9.87. The van der Waals surface area contributed by atoms with Gasteiger partial charge >= 0.3 is 6.18 Å². The van der Waals surface area contributed by atoms with E-state index in [1.54, 1.807) is 0 Å². The molecule has 1 N–H and O–H groups in total. The SMILES string of the molecule is FC(F)(F)c1cccc(C2(F)CCCNC2)c1. The molecule has 1 saturated heterocycles. The molecule has 0 amide bonds. The van der Waals surface area contributed by atoms with Crippen molar-refractivity contribution in [2.75, 3.05) is 13.1 Å². The summed E-state index contributed by atoms with van der Waals surface area (Å²) in [6.45, 7) is 0.791. The largest absolute Gasteiger partial charge is 0.416 e. The second kappa shape index (κ2) is 4.29. The van der Waals surface area contributed by atoms with Gasteiger partial charge in [-0.25, -0.2) is 4.39 Å². The Morgan fingerprint density at radius 3 is 2.59 bits per heavy atom. The van der Waals surface area contributed by atoms with Crippen molar-refractivity contribution in [3.05, 3.63) is 35.4 Å². The van der Waals surface area contributed by atoms with Crippen LogP contribution in [0.15, 0.2) is 24.3 Å². The van der Waals surface area contributed by atoms with Gasteiger partial charge < -0.3 is 5.32 Å². The van der Waals surface area contributed by atoms with E-state index in [-0.39, 0.29) is 18.5 Å². The molecular formula is C12H13F4N. The van der Waals surface area contributed by atoms with E-state index in [0.717, 1.165) is 12.1 Å². The third kappa shape index (κ3) is 2.60. The molecule has 1 fully saturated rings. The fourth-order valence-electron chi connectivity index (χ4n) is 2.09. The van der Waals surface area contributed by atoms with Crippen molar-refractivity contribution < 1.29 is 17.6 Å². The summed E-state index contributed by atoms with van der Waals surface area (Å²) in [6, 6.07) is 4.55. The Kier molecular flexibility index (Phi) is 3.12. The fourth-order valence-corrected chi connectivity index (χ4v) is 2.09. The predicted octanol–water partition coefficient (Wildman–Crippen LogP) is 3.25. The van der Waals surface area contributed by atoms with Crippen LogP contribution in [-0.4, -0.2) is 13.1 Å². The van der Waals surface area contributed by atoms with E-state index in [1.165, 1.54) is 12.1 Å². The van der Waals surface area contributed by atoms with Gasteiger partial charge in [-0.15, -0.1) is 0 Å². The van der Waals surface area contributed by atoms with Crippen LogP contribution in [0.2, 0.25) is 0 Å². The molecule has 94 valence electrons. The second-order valence-corrected chi connectivity index (χ2v) is 4.32. The van der Waals surface area contributed by atoms with E-state index in [9.17, 15) is 17.6 Å². The van der Waals surface area contributed by atoms with Crippen molar-refractivity contribution in [3.8, 4) is 0 Å². The molecule has 1 nitrogen and oxygen atoms in total. The summed E-state index contributed by atoms with van der Waals surface area (Å²) < 4.78 is 52.0. The van der Waals surface area contributed by atoms with Crippen LogP contribution in [0.3, 0.4) is 0 Å². The van der Waals surface area contributed by atoms with E-state index in [2.05, 4.69) is 5.32 Å². The Bertz CT molecular complexity index is 394. The van der Waals surface area contributed by atoms with Crippen LogP contribution in [-0.2, 0) is 11.8 Å². The number of benzene rings is 1. The van der Waals surface area contributed by atoms with Gasteiger partial charge in [0.05, 0.1) is 5.56 Å². The molecule has 0 aliphatic carbocycles. The van der Waals surface area contributed by atoms with Gasteiger partial charge in [-0.05, 0) is 37.1 Å². The molecule has 0 radical (unpaired) electrons. The highest BCUT2D eigenvalue weighted by Crippen LogP contribution is 2.36. The van der Waals surface area contributed by atoms with Crippen molar-refractivity contribution in [2.45, 2.75) is 24.7 Å². The molecule has 5 heteroatoms. The molecule has 1 aromatic carbocycles. The van der Waals surface area contributed by atoms with Gasteiger partial charge in [0.1, 0.15) is 5.67 Å². The molecular weight excluding hydrogens is 234 g/mol. The van der Waals surface area contributed by atoms with Crippen molar-refractivity contribution in [3.63, 3.8) is 0 Å². The number of alkyl halides is 4. The average molecular weight is 247 g/mol. The third-order valence-corrected chi connectivity index (χ3v) is 3.04. The van der Waals surface area contributed by atoms with E-state index < -0.39 is 17.4 Å². The van der Waals surface area contributed by atoms with Gasteiger partial charge in [0, 0.05) is 6.54 Å². The molecule has 1 aromatic rings. The Morgan fingerprint density at radius 1 is 1.24 bits per heavy atom. The lowest BCUT2D eigenvalue weighted by Gasteiger charge is -2.31. The number of piperidine rings is 1. The first kappa shape index (κ1) is 12.4. The maximum Gasteiger partial charge on any atom is 0.416 e. The minimum absolute atomic E-state index is 0.0777. The van der Waals surface area contributed by atoms with Crippen molar-refractivity contribution >= 4 is 0 Å². The number of nitrogens with one attached hydrogen (secondary N) is 1. The molecule has 0 aromatic heterocycles. The van der Waals surface area contributed by atoms with Gasteiger partial charge in [-0.2, -0.15) is 13.2 Å². The van der Waals surface area contributed by atoms with Crippen LogP contribution in [0.25, 0.3) is 0 Å². The quantitative estimate of drug-likeness (QED) is 0.751. The van der Waals surface area contributed by atoms with E-state index in [1.807, 2.05) is 0 Å². The summed E-state index contributed by atoms with van der Waals surface area (Å²) in [5.41, 5.74) is -2.36. The smallest absolute Gasteiger partial charge is 0.313 e. The van der Waals surface area contributed by atoms with E-state index in [4.69, 9.17) is 0 Å². The topological polar surface area (TPSA) is 12.0 Å². The Hall–Kier alpha value is -1.10. The van der Waals surface area contributed by atoms with Gasteiger partial charge in [0.2, 0.25) is 0 Å². The maximum atomic E-state index is 14.4. The first-order chi connectivity index (χ1) is 7.92. The minimum Gasteiger partial charge on any atom is -0.313 e. The summed E-state index contributed by atoms with van der Waals surface area (Å²) in [5.74, 6) is 0. The molecule has 2 rings (SSSR count). The highest BCUT2D eigenvalue weighted by molar-refractivity contribution is 5.30. The highest BCUT2D eigenvalue weighted by atomic mass is 19.4. The monoisotopic (exact) mass is 247 g/mol. The van der Waals surface area contributed by atoms with Crippen LogP contribution >= 0.6 is 0 Å². The van der Waals surface area contributed by atoms with Crippen LogP contribution in [0.5, 0.6) is 0 Å². The second-order valence-electron chi connectivity index (χ2n) is 4.32. The summed E-state index contributed by atoms with van der Waals surface area (Å²) in [7, 11) is 0. The van der Waals surface area contributed by atoms with Gasteiger partial charge in [-0.1, -0.05) is 12.1 Å². The summed E-state index contributed by atoms with van der Waals surface area (Å²) in [4.78, 5) is 0. The zero-order valence-electron chi connectivity index (χ0n) is 9.15. The van der Waals surface area contributed by atoms with Gasteiger partial charge in [-0.3, -0.25) is 0 Å². The number of hydrogen-bond donors (Lipinski definition) is 1. The third-order valence-electron chi connectivity index (χ3n) is 3.04. The van der Waals surface area contributed by atoms with Crippen molar-refractivity contribution in [1.82, 2.24) is 5.32 Å². The van der Waals surface area contributed by atoms with E-state index >= 15 is 0 Å². The number of rotatable bonds is 1.